The standard InChI is InChI=1S/C19H24N4O/c1-22-17-10-12-23(18(24)13-20-15-7-8-15)11-9-16(17)19(21-22)14-5-3-2-4-6-14/h2-6,15,20H,7-13H2,1H3. The Labute approximate surface area is 142 Å². The van der Waals surface area contributed by atoms with Crippen molar-refractivity contribution in [2.45, 2.75) is 31.7 Å². The summed E-state index contributed by atoms with van der Waals surface area (Å²) in [5.74, 6) is 0.226. The predicted molar refractivity (Wildman–Crippen MR) is 93.7 cm³/mol. The molecule has 2 heterocycles. The van der Waals surface area contributed by atoms with Gasteiger partial charge in [-0.1, -0.05) is 30.3 Å². The van der Waals surface area contributed by atoms with Crippen LogP contribution in [0.1, 0.15) is 24.1 Å². The molecule has 4 rings (SSSR count). The number of nitrogens with zero attached hydrogens (tertiary/aromatic N) is 3. The van der Waals surface area contributed by atoms with Gasteiger partial charge in [0.2, 0.25) is 5.91 Å². The molecule has 0 unspecified atom stereocenters. The lowest BCUT2D eigenvalue weighted by Crippen LogP contribution is -2.40. The number of aromatic nitrogens is 2. The summed E-state index contributed by atoms with van der Waals surface area (Å²) in [7, 11) is 2.01. The number of carbonyl (C=O) groups is 1. The lowest BCUT2D eigenvalue weighted by molar-refractivity contribution is -0.130. The molecule has 1 aromatic carbocycles. The fraction of sp³-hybridized carbons (Fsp3) is 0.474. The van der Waals surface area contributed by atoms with Crippen molar-refractivity contribution in [1.82, 2.24) is 20.0 Å². The zero-order valence-corrected chi connectivity index (χ0v) is 14.2. The van der Waals surface area contributed by atoms with Gasteiger partial charge in [0.1, 0.15) is 0 Å². The minimum atomic E-state index is 0.226. The second-order valence-electron chi connectivity index (χ2n) is 6.80. The monoisotopic (exact) mass is 324 g/mol. The van der Waals surface area contributed by atoms with E-state index in [2.05, 4.69) is 17.4 Å². The van der Waals surface area contributed by atoms with E-state index in [1.165, 1.54) is 24.1 Å². The molecule has 1 saturated carbocycles. The molecule has 1 aliphatic heterocycles. The summed E-state index contributed by atoms with van der Waals surface area (Å²) >= 11 is 0. The van der Waals surface area contributed by atoms with Gasteiger partial charge in [-0.2, -0.15) is 5.10 Å². The quantitative estimate of drug-likeness (QED) is 0.932. The number of carbonyl (C=O) groups excluding carboxylic acids is 1. The molecule has 0 radical (unpaired) electrons. The van der Waals surface area contributed by atoms with Crippen LogP contribution in [0.25, 0.3) is 11.3 Å². The Bertz CT molecular complexity index is 733. The van der Waals surface area contributed by atoms with Crippen LogP contribution >= 0.6 is 0 Å². The van der Waals surface area contributed by atoms with Crippen molar-refractivity contribution in [2.75, 3.05) is 19.6 Å². The van der Waals surface area contributed by atoms with Gasteiger partial charge in [-0.15, -0.1) is 0 Å². The molecule has 0 saturated heterocycles. The first kappa shape index (κ1) is 15.4. The first-order valence-electron chi connectivity index (χ1n) is 8.83. The Morgan fingerprint density at radius 2 is 1.96 bits per heavy atom. The maximum atomic E-state index is 12.4. The van der Waals surface area contributed by atoms with Gasteiger partial charge in [0.25, 0.3) is 0 Å². The molecule has 5 heteroatoms. The molecule has 5 nitrogen and oxygen atoms in total. The van der Waals surface area contributed by atoms with Crippen LogP contribution in [-0.2, 0) is 24.7 Å². The van der Waals surface area contributed by atoms with Gasteiger partial charge in [0.05, 0.1) is 12.2 Å². The third-order valence-corrected chi connectivity index (χ3v) is 5.04. The van der Waals surface area contributed by atoms with Crippen LogP contribution in [0.3, 0.4) is 0 Å². The average Bonchev–Trinajstić information content (AvgIpc) is 3.41. The topological polar surface area (TPSA) is 50.2 Å². The molecule has 1 N–H and O–H groups in total. The van der Waals surface area contributed by atoms with Crippen LogP contribution < -0.4 is 5.32 Å². The summed E-state index contributed by atoms with van der Waals surface area (Å²) in [4.78, 5) is 14.4. The summed E-state index contributed by atoms with van der Waals surface area (Å²) in [5, 5.41) is 8.07. The summed E-state index contributed by atoms with van der Waals surface area (Å²) in [6.45, 7) is 2.04. The van der Waals surface area contributed by atoms with E-state index in [-0.39, 0.29) is 5.91 Å². The van der Waals surface area contributed by atoms with Crippen LogP contribution in [0.15, 0.2) is 30.3 Å². The molecule has 2 aromatic rings. The highest BCUT2D eigenvalue weighted by molar-refractivity contribution is 5.78. The summed E-state index contributed by atoms with van der Waals surface area (Å²) in [6.07, 6.45) is 4.18. The minimum absolute atomic E-state index is 0.226. The minimum Gasteiger partial charge on any atom is -0.341 e. The van der Waals surface area contributed by atoms with Crippen molar-refractivity contribution in [3.63, 3.8) is 0 Å². The van der Waals surface area contributed by atoms with Crippen LogP contribution in [-0.4, -0.2) is 46.3 Å². The van der Waals surface area contributed by atoms with E-state index in [0.29, 0.717) is 12.6 Å². The number of aryl methyl sites for hydroxylation is 1. The molecule has 1 amide bonds. The lowest BCUT2D eigenvalue weighted by Gasteiger charge is -2.20. The second-order valence-corrected chi connectivity index (χ2v) is 6.80. The maximum absolute atomic E-state index is 12.4. The van der Waals surface area contributed by atoms with Crippen molar-refractivity contribution in [2.24, 2.45) is 7.05 Å². The molecule has 126 valence electrons. The molecule has 2 aliphatic rings. The third kappa shape index (κ3) is 3.08. The number of rotatable bonds is 4. The SMILES string of the molecule is Cn1nc(-c2ccccc2)c2c1CCN(C(=O)CNC1CC1)CC2. The zero-order chi connectivity index (χ0) is 16.5. The van der Waals surface area contributed by atoms with Crippen molar-refractivity contribution >= 4 is 5.91 Å². The maximum Gasteiger partial charge on any atom is 0.236 e. The van der Waals surface area contributed by atoms with E-state index < -0.39 is 0 Å². The fourth-order valence-electron chi connectivity index (χ4n) is 3.49. The Morgan fingerprint density at radius 3 is 2.71 bits per heavy atom. The molecule has 1 aliphatic carbocycles. The first-order chi connectivity index (χ1) is 11.7. The van der Waals surface area contributed by atoms with Crippen molar-refractivity contribution in [1.29, 1.82) is 0 Å². The molecule has 0 spiro atoms. The van der Waals surface area contributed by atoms with Crippen molar-refractivity contribution in [3.05, 3.63) is 41.6 Å². The second kappa shape index (κ2) is 6.40. The van der Waals surface area contributed by atoms with Gasteiger partial charge in [-0.05, 0) is 19.3 Å². The Balaban J connectivity index is 1.51. The van der Waals surface area contributed by atoms with Crippen molar-refractivity contribution < 1.29 is 4.79 Å². The van der Waals surface area contributed by atoms with Gasteiger partial charge in [0.15, 0.2) is 0 Å². The lowest BCUT2D eigenvalue weighted by atomic mass is 10.0. The van der Waals surface area contributed by atoms with Gasteiger partial charge in [-0.25, -0.2) is 0 Å². The number of hydrogen-bond acceptors (Lipinski definition) is 3. The Kier molecular flexibility index (Phi) is 4.10. The number of hydrogen-bond donors (Lipinski definition) is 1. The predicted octanol–water partition coefficient (Wildman–Crippen LogP) is 1.77. The third-order valence-electron chi connectivity index (χ3n) is 5.04. The van der Waals surface area contributed by atoms with E-state index in [4.69, 9.17) is 5.10 Å². The highest BCUT2D eigenvalue weighted by atomic mass is 16.2. The average molecular weight is 324 g/mol. The Hall–Kier alpha value is -2.14. The number of fused-ring (bicyclic) bond motifs is 1. The van der Waals surface area contributed by atoms with Crippen molar-refractivity contribution in [3.8, 4) is 11.3 Å². The molecule has 1 aromatic heterocycles. The largest absolute Gasteiger partial charge is 0.341 e. The van der Waals surface area contributed by atoms with Gasteiger partial charge in [-0.3, -0.25) is 9.48 Å². The number of nitrogens with one attached hydrogen (secondary N) is 1. The van der Waals surface area contributed by atoms with Gasteiger partial charge < -0.3 is 10.2 Å². The van der Waals surface area contributed by atoms with E-state index in [1.807, 2.05) is 34.8 Å². The summed E-state index contributed by atoms with van der Waals surface area (Å²) in [6, 6.07) is 10.9. The number of amides is 1. The molecule has 0 atom stereocenters. The normalized spacial score (nSPS) is 17.5. The first-order valence-corrected chi connectivity index (χ1v) is 8.83. The molecular weight excluding hydrogens is 300 g/mol. The van der Waals surface area contributed by atoms with E-state index in [0.717, 1.165) is 37.2 Å². The van der Waals surface area contributed by atoms with E-state index >= 15 is 0 Å². The van der Waals surface area contributed by atoms with Crippen LogP contribution in [0.5, 0.6) is 0 Å². The fourth-order valence-corrected chi connectivity index (χ4v) is 3.49. The summed E-state index contributed by atoms with van der Waals surface area (Å²) in [5.41, 5.74) is 4.79. The van der Waals surface area contributed by atoms with Crippen LogP contribution in [0.4, 0.5) is 0 Å². The molecule has 24 heavy (non-hydrogen) atoms. The zero-order valence-electron chi connectivity index (χ0n) is 14.2. The van der Waals surface area contributed by atoms with Crippen LogP contribution in [0, 0.1) is 0 Å². The molecular formula is C19H24N4O. The summed E-state index contributed by atoms with van der Waals surface area (Å²) < 4.78 is 1.99. The molecule has 0 bridgehead atoms. The number of benzene rings is 1. The smallest absolute Gasteiger partial charge is 0.236 e. The van der Waals surface area contributed by atoms with E-state index in [9.17, 15) is 4.79 Å². The highest BCUT2D eigenvalue weighted by Gasteiger charge is 2.26. The van der Waals surface area contributed by atoms with Gasteiger partial charge in [0, 0.05) is 49.4 Å². The van der Waals surface area contributed by atoms with E-state index in [1.54, 1.807) is 0 Å². The highest BCUT2D eigenvalue weighted by Crippen LogP contribution is 2.28. The van der Waals surface area contributed by atoms with Crippen LogP contribution in [0.2, 0.25) is 0 Å². The molecule has 1 fully saturated rings. The van der Waals surface area contributed by atoms with Gasteiger partial charge >= 0.3 is 0 Å². The Morgan fingerprint density at radius 1 is 1.21 bits per heavy atom.